The molecule has 144 valence electrons. The third-order valence-corrected chi connectivity index (χ3v) is 4.43. The fraction of sp³-hybridized carbons (Fsp3) is 0.0870. The molecule has 29 heavy (non-hydrogen) atoms. The van der Waals surface area contributed by atoms with E-state index in [-0.39, 0.29) is 18.2 Å². The number of amides is 1. The highest BCUT2D eigenvalue weighted by atomic mass is 19.1. The number of carbonyl (C=O) groups is 1. The smallest absolute Gasteiger partial charge is 0.291 e. The van der Waals surface area contributed by atoms with E-state index in [9.17, 15) is 9.18 Å². The van der Waals surface area contributed by atoms with Crippen molar-refractivity contribution >= 4 is 5.91 Å². The van der Waals surface area contributed by atoms with Crippen LogP contribution in [0.4, 0.5) is 4.39 Å². The summed E-state index contributed by atoms with van der Waals surface area (Å²) in [6.07, 6.45) is 0. The number of rotatable bonds is 5. The molecule has 0 radical (unpaired) electrons. The number of aromatic nitrogens is 3. The molecule has 0 aliphatic rings. The molecule has 0 saturated heterocycles. The van der Waals surface area contributed by atoms with E-state index in [1.54, 1.807) is 16.8 Å². The van der Waals surface area contributed by atoms with Crippen molar-refractivity contribution in [2.75, 3.05) is 0 Å². The van der Waals surface area contributed by atoms with Gasteiger partial charge in [-0.2, -0.15) is 0 Å². The highest BCUT2D eigenvalue weighted by Crippen LogP contribution is 2.21. The van der Waals surface area contributed by atoms with Gasteiger partial charge in [0.25, 0.3) is 5.91 Å². The van der Waals surface area contributed by atoms with E-state index in [4.69, 9.17) is 0 Å². The number of hydrogen-bond acceptors (Lipinski definition) is 3. The van der Waals surface area contributed by atoms with Gasteiger partial charge in [-0.1, -0.05) is 54.6 Å². The van der Waals surface area contributed by atoms with Crippen molar-refractivity contribution in [1.82, 2.24) is 20.1 Å². The Hall–Kier alpha value is -3.80. The first-order valence-corrected chi connectivity index (χ1v) is 9.22. The lowest BCUT2D eigenvalue weighted by Gasteiger charge is -2.06. The third-order valence-electron chi connectivity index (χ3n) is 4.43. The van der Waals surface area contributed by atoms with Crippen LogP contribution in [-0.4, -0.2) is 20.7 Å². The Labute approximate surface area is 167 Å². The summed E-state index contributed by atoms with van der Waals surface area (Å²) in [5, 5.41) is 7.20. The van der Waals surface area contributed by atoms with Crippen LogP contribution in [0, 0.1) is 12.7 Å². The van der Waals surface area contributed by atoms with Crippen LogP contribution in [0.15, 0.2) is 78.9 Å². The zero-order valence-electron chi connectivity index (χ0n) is 15.8. The Morgan fingerprint density at radius 3 is 2.55 bits per heavy atom. The number of halogens is 1. The molecule has 1 N–H and O–H groups in total. The molecule has 4 aromatic rings. The van der Waals surface area contributed by atoms with Crippen LogP contribution < -0.4 is 5.32 Å². The van der Waals surface area contributed by atoms with Crippen LogP contribution in [-0.2, 0) is 6.54 Å². The second-order valence-corrected chi connectivity index (χ2v) is 6.69. The third kappa shape index (κ3) is 4.21. The highest BCUT2D eigenvalue weighted by Gasteiger charge is 2.18. The number of benzene rings is 3. The van der Waals surface area contributed by atoms with Gasteiger partial charge in [-0.3, -0.25) is 4.79 Å². The van der Waals surface area contributed by atoms with Crippen LogP contribution in [0.3, 0.4) is 0 Å². The number of nitrogens with zero attached hydrogens (tertiary/aromatic N) is 3. The van der Waals surface area contributed by atoms with E-state index in [0.29, 0.717) is 11.4 Å². The summed E-state index contributed by atoms with van der Waals surface area (Å²) in [6.45, 7) is 2.19. The summed E-state index contributed by atoms with van der Waals surface area (Å²) in [4.78, 5) is 17.1. The molecule has 1 heterocycles. The molecule has 0 aliphatic carbocycles. The van der Waals surface area contributed by atoms with Gasteiger partial charge in [0.15, 0.2) is 5.82 Å². The van der Waals surface area contributed by atoms with Crippen LogP contribution in [0.5, 0.6) is 0 Å². The van der Waals surface area contributed by atoms with Crippen molar-refractivity contribution in [1.29, 1.82) is 0 Å². The van der Waals surface area contributed by atoms with Gasteiger partial charge in [-0.15, -0.1) is 5.10 Å². The minimum atomic E-state index is -0.419. The summed E-state index contributed by atoms with van der Waals surface area (Å²) in [5.74, 6) is -0.128. The summed E-state index contributed by atoms with van der Waals surface area (Å²) in [5.41, 5.74) is 3.42. The van der Waals surface area contributed by atoms with Crippen LogP contribution in [0.25, 0.3) is 17.1 Å². The first kappa shape index (κ1) is 18.6. The molecule has 0 saturated carbocycles. The second kappa shape index (κ2) is 8.06. The Morgan fingerprint density at radius 2 is 1.79 bits per heavy atom. The Morgan fingerprint density at radius 1 is 1.00 bits per heavy atom. The van der Waals surface area contributed by atoms with Gasteiger partial charge in [0.1, 0.15) is 5.82 Å². The number of nitrogens with one attached hydrogen (secondary N) is 1. The average Bonchev–Trinajstić information content (AvgIpc) is 3.18. The van der Waals surface area contributed by atoms with E-state index in [2.05, 4.69) is 15.4 Å². The van der Waals surface area contributed by atoms with Crippen molar-refractivity contribution in [2.45, 2.75) is 13.5 Å². The fourth-order valence-electron chi connectivity index (χ4n) is 3.03. The van der Waals surface area contributed by atoms with Crippen LogP contribution in [0.1, 0.15) is 21.7 Å². The van der Waals surface area contributed by atoms with E-state index in [1.807, 2.05) is 61.5 Å². The summed E-state index contributed by atoms with van der Waals surface area (Å²) >= 11 is 0. The molecule has 5 nitrogen and oxygen atoms in total. The predicted octanol–water partition coefficient (Wildman–Crippen LogP) is 4.31. The molecular weight excluding hydrogens is 367 g/mol. The topological polar surface area (TPSA) is 59.8 Å². The molecule has 0 bridgehead atoms. The molecule has 1 aromatic heterocycles. The van der Waals surface area contributed by atoms with Gasteiger partial charge in [-0.05, 0) is 42.3 Å². The molecule has 6 heteroatoms. The summed E-state index contributed by atoms with van der Waals surface area (Å²) in [7, 11) is 0. The Balaban J connectivity index is 1.66. The van der Waals surface area contributed by atoms with E-state index >= 15 is 0 Å². The minimum absolute atomic E-state index is 0.0572. The SMILES string of the molecule is Cc1cccc(-n2nc(C(=O)NCc3cccc(F)c3)nc2-c2ccccc2)c1. The van der Waals surface area contributed by atoms with Crippen molar-refractivity contribution < 1.29 is 9.18 Å². The van der Waals surface area contributed by atoms with E-state index < -0.39 is 5.91 Å². The maximum absolute atomic E-state index is 13.3. The summed E-state index contributed by atoms with van der Waals surface area (Å²) in [6, 6.07) is 23.5. The van der Waals surface area contributed by atoms with Gasteiger partial charge in [0.2, 0.25) is 5.82 Å². The quantitative estimate of drug-likeness (QED) is 0.556. The lowest BCUT2D eigenvalue weighted by Crippen LogP contribution is -2.24. The maximum atomic E-state index is 13.3. The fourth-order valence-corrected chi connectivity index (χ4v) is 3.03. The zero-order valence-corrected chi connectivity index (χ0v) is 15.8. The largest absolute Gasteiger partial charge is 0.345 e. The maximum Gasteiger partial charge on any atom is 0.291 e. The minimum Gasteiger partial charge on any atom is -0.345 e. The Bertz CT molecular complexity index is 1150. The first-order chi connectivity index (χ1) is 14.1. The molecule has 4 rings (SSSR count). The van der Waals surface area contributed by atoms with Crippen LogP contribution >= 0.6 is 0 Å². The van der Waals surface area contributed by atoms with Crippen molar-refractivity contribution in [2.24, 2.45) is 0 Å². The molecule has 0 unspecified atom stereocenters. The van der Waals surface area contributed by atoms with Crippen molar-refractivity contribution in [3.63, 3.8) is 0 Å². The van der Waals surface area contributed by atoms with Gasteiger partial charge in [-0.25, -0.2) is 14.1 Å². The van der Waals surface area contributed by atoms with Gasteiger partial charge in [0.05, 0.1) is 5.69 Å². The van der Waals surface area contributed by atoms with Gasteiger partial charge in [0, 0.05) is 12.1 Å². The average molecular weight is 386 g/mol. The second-order valence-electron chi connectivity index (χ2n) is 6.69. The molecule has 0 atom stereocenters. The summed E-state index contributed by atoms with van der Waals surface area (Å²) < 4.78 is 15.0. The van der Waals surface area contributed by atoms with E-state index in [0.717, 1.165) is 16.8 Å². The lowest BCUT2D eigenvalue weighted by molar-refractivity contribution is 0.0940. The monoisotopic (exact) mass is 386 g/mol. The molecule has 0 fully saturated rings. The molecule has 1 amide bonds. The molecule has 3 aromatic carbocycles. The zero-order chi connectivity index (χ0) is 20.2. The number of aryl methyl sites for hydroxylation is 1. The first-order valence-electron chi connectivity index (χ1n) is 9.22. The predicted molar refractivity (Wildman–Crippen MR) is 109 cm³/mol. The van der Waals surface area contributed by atoms with Crippen LogP contribution in [0.2, 0.25) is 0 Å². The molecule has 0 aliphatic heterocycles. The normalized spacial score (nSPS) is 10.7. The van der Waals surface area contributed by atoms with Crippen molar-refractivity contribution in [3.05, 3.63) is 102 Å². The Kier molecular flexibility index (Phi) is 5.16. The lowest BCUT2D eigenvalue weighted by atomic mass is 10.2. The molecule has 0 spiro atoms. The van der Waals surface area contributed by atoms with Crippen molar-refractivity contribution in [3.8, 4) is 17.1 Å². The highest BCUT2D eigenvalue weighted by molar-refractivity contribution is 5.91. The van der Waals surface area contributed by atoms with Gasteiger partial charge < -0.3 is 5.32 Å². The van der Waals surface area contributed by atoms with Gasteiger partial charge >= 0.3 is 0 Å². The van der Waals surface area contributed by atoms with E-state index in [1.165, 1.54) is 12.1 Å². The number of carbonyl (C=O) groups excluding carboxylic acids is 1. The number of hydrogen-bond donors (Lipinski definition) is 1. The standard InChI is InChI=1S/C23H19FN4O/c1-16-7-5-12-20(13-16)28-22(18-9-3-2-4-10-18)26-21(27-28)23(29)25-15-17-8-6-11-19(24)14-17/h2-14H,15H2,1H3,(H,25,29). The molecular formula is C23H19FN4O.